The first-order valence-corrected chi connectivity index (χ1v) is 6.93. The molecule has 0 saturated heterocycles. The van der Waals surface area contributed by atoms with Crippen molar-refractivity contribution in [2.24, 2.45) is 0 Å². The average molecular weight is 254 g/mol. The summed E-state index contributed by atoms with van der Waals surface area (Å²) in [6, 6.07) is 14.2. The normalized spacial score (nSPS) is 11.3. The van der Waals surface area contributed by atoms with Crippen LogP contribution in [0.4, 0.5) is 0 Å². The fraction of sp³-hybridized carbons (Fsp3) is 0.333. The maximum absolute atomic E-state index is 9.71. The van der Waals surface area contributed by atoms with Gasteiger partial charge in [-0.25, -0.2) is 0 Å². The Morgan fingerprint density at radius 2 is 1.32 bits per heavy atom. The van der Waals surface area contributed by atoms with E-state index in [4.69, 9.17) is 0 Å². The molecule has 2 rings (SSSR count). The molecule has 0 unspecified atom stereocenters. The van der Waals surface area contributed by atoms with Gasteiger partial charge in [-0.15, -0.1) is 0 Å². The summed E-state index contributed by atoms with van der Waals surface area (Å²) in [5.41, 5.74) is 5.07. The minimum atomic E-state index is 0.342. The third-order valence-corrected chi connectivity index (χ3v) is 3.53. The Balaban J connectivity index is 2.65. The molecule has 0 heterocycles. The second-order valence-electron chi connectivity index (χ2n) is 5.67. The van der Waals surface area contributed by atoms with Crippen molar-refractivity contribution in [3.05, 3.63) is 53.6 Å². The lowest BCUT2D eigenvalue weighted by molar-refractivity contribution is 0.474. The Morgan fingerprint density at radius 3 is 1.95 bits per heavy atom. The molecule has 1 heteroatoms. The van der Waals surface area contributed by atoms with Crippen LogP contribution in [0.5, 0.6) is 5.75 Å². The van der Waals surface area contributed by atoms with E-state index in [0.717, 1.165) is 0 Å². The maximum Gasteiger partial charge on any atom is 0.115 e. The molecule has 0 amide bonds. The van der Waals surface area contributed by atoms with Crippen LogP contribution >= 0.6 is 0 Å². The third-order valence-electron chi connectivity index (χ3n) is 3.53. The van der Waals surface area contributed by atoms with Crippen molar-refractivity contribution in [2.45, 2.75) is 39.5 Å². The molecule has 0 saturated carbocycles. The molecule has 0 aliphatic heterocycles. The Labute approximate surface area is 115 Å². The van der Waals surface area contributed by atoms with Crippen LogP contribution in [0.25, 0.3) is 11.1 Å². The number of hydrogen-bond donors (Lipinski definition) is 1. The highest BCUT2D eigenvalue weighted by atomic mass is 16.3. The molecule has 0 aliphatic rings. The molecular formula is C18H22O. The first kappa shape index (κ1) is 13.7. The van der Waals surface area contributed by atoms with E-state index in [9.17, 15) is 5.11 Å². The van der Waals surface area contributed by atoms with Gasteiger partial charge in [-0.3, -0.25) is 0 Å². The molecule has 1 N–H and O–H groups in total. The van der Waals surface area contributed by atoms with Crippen LogP contribution in [0, 0.1) is 0 Å². The maximum atomic E-state index is 9.71. The van der Waals surface area contributed by atoms with Gasteiger partial charge >= 0.3 is 0 Å². The van der Waals surface area contributed by atoms with Gasteiger partial charge in [0.05, 0.1) is 0 Å². The van der Waals surface area contributed by atoms with Gasteiger partial charge in [-0.1, -0.05) is 58.0 Å². The molecule has 0 aromatic heterocycles. The summed E-state index contributed by atoms with van der Waals surface area (Å²) in [5, 5.41) is 9.71. The van der Waals surface area contributed by atoms with Crippen LogP contribution in [-0.2, 0) is 0 Å². The zero-order chi connectivity index (χ0) is 14.0. The largest absolute Gasteiger partial charge is 0.508 e. The van der Waals surface area contributed by atoms with E-state index in [-0.39, 0.29) is 0 Å². The van der Waals surface area contributed by atoms with Gasteiger partial charge in [0.15, 0.2) is 0 Å². The van der Waals surface area contributed by atoms with Crippen LogP contribution in [0.1, 0.15) is 50.7 Å². The number of rotatable bonds is 3. The molecule has 0 fully saturated rings. The van der Waals surface area contributed by atoms with Gasteiger partial charge in [0.2, 0.25) is 0 Å². The fourth-order valence-corrected chi connectivity index (χ4v) is 2.52. The van der Waals surface area contributed by atoms with Crippen LogP contribution in [0.3, 0.4) is 0 Å². The van der Waals surface area contributed by atoms with Crippen molar-refractivity contribution in [1.82, 2.24) is 0 Å². The summed E-state index contributed by atoms with van der Waals surface area (Å²) in [5.74, 6) is 1.22. The van der Waals surface area contributed by atoms with E-state index in [0.29, 0.717) is 17.6 Å². The van der Waals surface area contributed by atoms with Crippen molar-refractivity contribution in [3.63, 3.8) is 0 Å². The molecule has 2 aromatic carbocycles. The molecule has 2 aromatic rings. The molecule has 0 aliphatic carbocycles. The van der Waals surface area contributed by atoms with E-state index < -0.39 is 0 Å². The second kappa shape index (κ2) is 5.48. The van der Waals surface area contributed by atoms with Gasteiger partial charge < -0.3 is 5.11 Å². The lowest BCUT2D eigenvalue weighted by Gasteiger charge is -2.18. The molecular weight excluding hydrogens is 232 g/mol. The van der Waals surface area contributed by atoms with Crippen molar-refractivity contribution in [1.29, 1.82) is 0 Å². The molecule has 0 atom stereocenters. The van der Waals surface area contributed by atoms with Gasteiger partial charge in [0.1, 0.15) is 5.75 Å². The summed E-state index contributed by atoms with van der Waals surface area (Å²) < 4.78 is 0. The number of phenolic OH excluding ortho intramolecular Hbond substituents is 1. The Kier molecular flexibility index (Phi) is 3.94. The van der Waals surface area contributed by atoms with Crippen molar-refractivity contribution in [3.8, 4) is 16.9 Å². The molecule has 19 heavy (non-hydrogen) atoms. The van der Waals surface area contributed by atoms with Crippen LogP contribution in [0.15, 0.2) is 42.5 Å². The van der Waals surface area contributed by atoms with Crippen LogP contribution < -0.4 is 0 Å². The predicted molar refractivity (Wildman–Crippen MR) is 81.7 cm³/mol. The number of phenols is 1. The summed E-state index contributed by atoms with van der Waals surface area (Å²) >= 11 is 0. The Hall–Kier alpha value is -1.76. The minimum Gasteiger partial charge on any atom is -0.508 e. The summed E-state index contributed by atoms with van der Waals surface area (Å²) in [6.07, 6.45) is 0. The Morgan fingerprint density at radius 1 is 0.737 bits per heavy atom. The molecule has 1 nitrogen and oxygen atoms in total. The molecule has 0 radical (unpaired) electrons. The monoisotopic (exact) mass is 254 g/mol. The zero-order valence-electron chi connectivity index (χ0n) is 12.1. The summed E-state index contributed by atoms with van der Waals surface area (Å²) in [7, 11) is 0. The highest BCUT2D eigenvalue weighted by Crippen LogP contribution is 2.36. The van der Waals surface area contributed by atoms with E-state index in [2.05, 4.69) is 52.0 Å². The zero-order valence-corrected chi connectivity index (χ0v) is 12.1. The summed E-state index contributed by atoms with van der Waals surface area (Å²) in [4.78, 5) is 0. The van der Waals surface area contributed by atoms with Crippen LogP contribution in [-0.4, -0.2) is 5.11 Å². The van der Waals surface area contributed by atoms with Crippen molar-refractivity contribution < 1.29 is 5.11 Å². The third kappa shape index (κ3) is 2.81. The van der Waals surface area contributed by atoms with E-state index in [1.807, 2.05) is 12.1 Å². The quantitative estimate of drug-likeness (QED) is 0.787. The van der Waals surface area contributed by atoms with Crippen molar-refractivity contribution in [2.75, 3.05) is 0 Å². The second-order valence-corrected chi connectivity index (χ2v) is 5.67. The number of benzene rings is 2. The van der Waals surface area contributed by atoms with Gasteiger partial charge in [0, 0.05) is 0 Å². The average Bonchev–Trinajstić information content (AvgIpc) is 2.38. The van der Waals surface area contributed by atoms with Crippen LogP contribution in [0.2, 0.25) is 0 Å². The minimum absolute atomic E-state index is 0.342. The van der Waals surface area contributed by atoms with E-state index in [1.165, 1.54) is 22.3 Å². The van der Waals surface area contributed by atoms with Gasteiger partial charge in [-0.2, -0.15) is 0 Å². The number of hydrogen-bond acceptors (Lipinski definition) is 1. The molecule has 100 valence electrons. The molecule has 0 bridgehead atoms. The SMILES string of the molecule is CC(C)c1ccccc1-c1ccc(O)cc1C(C)C. The van der Waals surface area contributed by atoms with Crippen molar-refractivity contribution >= 4 is 0 Å². The molecule has 0 spiro atoms. The fourth-order valence-electron chi connectivity index (χ4n) is 2.52. The topological polar surface area (TPSA) is 20.2 Å². The van der Waals surface area contributed by atoms with Gasteiger partial charge in [-0.05, 0) is 46.2 Å². The first-order chi connectivity index (χ1) is 9.00. The lowest BCUT2D eigenvalue weighted by Crippen LogP contribution is -1.97. The van der Waals surface area contributed by atoms with E-state index in [1.54, 1.807) is 6.07 Å². The first-order valence-electron chi connectivity index (χ1n) is 6.93. The smallest absolute Gasteiger partial charge is 0.115 e. The predicted octanol–water partition coefficient (Wildman–Crippen LogP) is 5.31. The number of aromatic hydroxyl groups is 1. The lowest BCUT2D eigenvalue weighted by atomic mass is 9.87. The van der Waals surface area contributed by atoms with E-state index >= 15 is 0 Å². The Bertz CT molecular complexity index is 568. The standard InChI is InChI=1S/C18H22O/c1-12(2)15-7-5-6-8-16(15)17-10-9-14(19)11-18(17)13(3)4/h5-13,19H,1-4H3. The highest BCUT2D eigenvalue weighted by Gasteiger charge is 2.13. The highest BCUT2D eigenvalue weighted by molar-refractivity contribution is 5.72. The summed E-state index contributed by atoms with van der Waals surface area (Å²) in [6.45, 7) is 8.76. The van der Waals surface area contributed by atoms with Gasteiger partial charge in [0.25, 0.3) is 0 Å².